The number of thiazole rings is 1. The average molecular weight is 411 g/mol. The largest absolute Gasteiger partial charge is 0.497 e. The maximum absolute atomic E-state index is 13.3. The van der Waals surface area contributed by atoms with Crippen LogP contribution >= 0.6 is 11.3 Å². The Bertz CT molecular complexity index is 968. The van der Waals surface area contributed by atoms with Crippen LogP contribution in [0.1, 0.15) is 29.5 Å². The van der Waals surface area contributed by atoms with Gasteiger partial charge in [-0.25, -0.2) is 4.98 Å². The van der Waals surface area contributed by atoms with Gasteiger partial charge >= 0.3 is 0 Å². The second kappa shape index (κ2) is 8.51. The van der Waals surface area contributed by atoms with Gasteiger partial charge < -0.3 is 9.47 Å². The maximum Gasteiger partial charge on any atom is 0.233 e. The molecule has 0 aliphatic carbocycles. The first-order valence-corrected chi connectivity index (χ1v) is 10.8. The quantitative estimate of drug-likeness (QED) is 0.592. The number of carbonyl (C=O) groups is 1. The second-order valence-corrected chi connectivity index (χ2v) is 8.57. The van der Waals surface area contributed by atoms with Gasteiger partial charge in [-0.1, -0.05) is 23.5 Å². The van der Waals surface area contributed by atoms with Crippen molar-refractivity contribution >= 4 is 32.6 Å². The van der Waals surface area contributed by atoms with Crippen LogP contribution in [0.2, 0.25) is 0 Å². The van der Waals surface area contributed by atoms with Crippen molar-refractivity contribution < 1.29 is 14.3 Å². The lowest BCUT2D eigenvalue weighted by molar-refractivity contribution is -0.118. The molecule has 1 amide bonds. The number of aromatic nitrogens is 1. The number of ether oxygens (including phenoxy) is 2. The van der Waals surface area contributed by atoms with Gasteiger partial charge in [-0.2, -0.15) is 0 Å². The van der Waals surface area contributed by atoms with Crippen molar-refractivity contribution in [3.05, 3.63) is 53.1 Å². The standard InChI is InChI=1S/C23H26N2O3S/c1-15-11-20-21(12-16(15)2)29-23(24-20)25(14-19-5-4-10-28-19)22(26)13-17-6-8-18(27-3)9-7-17/h6-9,11-12,19H,4-5,10,13-14H2,1-3H3/t19-/m0/s1. The van der Waals surface area contributed by atoms with Crippen LogP contribution < -0.4 is 9.64 Å². The summed E-state index contributed by atoms with van der Waals surface area (Å²) in [5, 5.41) is 0.749. The van der Waals surface area contributed by atoms with Crippen molar-refractivity contribution in [2.75, 3.05) is 25.2 Å². The number of methoxy groups -OCH3 is 1. The molecule has 152 valence electrons. The Morgan fingerprint density at radius 3 is 2.69 bits per heavy atom. The van der Waals surface area contributed by atoms with E-state index in [9.17, 15) is 4.79 Å². The third-order valence-electron chi connectivity index (χ3n) is 5.45. The minimum Gasteiger partial charge on any atom is -0.497 e. The first-order chi connectivity index (χ1) is 14.0. The number of hydrogen-bond acceptors (Lipinski definition) is 5. The van der Waals surface area contributed by atoms with Crippen LogP contribution in [0.25, 0.3) is 10.2 Å². The Hall–Kier alpha value is -2.44. The van der Waals surface area contributed by atoms with Gasteiger partial charge in [0.05, 0.1) is 36.4 Å². The fraction of sp³-hybridized carbons (Fsp3) is 0.391. The van der Waals surface area contributed by atoms with E-state index in [0.29, 0.717) is 13.0 Å². The molecule has 5 nitrogen and oxygen atoms in total. The van der Waals surface area contributed by atoms with Gasteiger partial charge in [-0.05, 0) is 67.6 Å². The second-order valence-electron chi connectivity index (χ2n) is 7.56. The minimum absolute atomic E-state index is 0.0400. The minimum atomic E-state index is 0.0400. The van der Waals surface area contributed by atoms with Gasteiger partial charge in [0, 0.05) is 6.61 Å². The molecule has 6 heteroatoms. The summed E-state index contributed by atoms with van der Waals surface area (Å²) in [6.07, 6.45) is 2.43. The highest BCUT2D eigenvalue weighted by Crippen LogP contribution is 2.32. The van der Waals surface area contributed by atoms with Gasteiger partial charge in [0.25, 0.3) is 0 Å². The van der Waals surface area contributed by atoms with Gasteiger partial charge in [0.15, 0.2) is 5.13 Å². The summed E-state index contributed by atoms with van der Waals surface area (Å²) in [7, 11) is 1.64. The van der Waals surface area contributed by atoms with E-state index in [2.05, 4.69) is 26.0 Å². The van der Waals surface area contributed by atoms with Crippen molar-refractivity contribution in [1.29, 1.82) is 0 Å². The number of aryl methyl sites for hydroxylation is 2. The van der Waals surface area contributed by atoms with E-state index in [1.807, 2.05) is 29.2 Å². The number of hydrogen-bond donors (Lipinski definition) is 0. The molecule has 3 aromatic rings. The molecule has 1 aliphatic heterocycles. The number of rotatable bonds is 6. The summed E-state index contributed by atoms with van der Waals surface area (Å²) in [4.78, 5) is 19.9. The van der Waals surface area contributed by atoms with E-state index in [1.165, 1.54) is 11.1 Å². The highest BCUT2D eigenvalue weighted by atomic mass is 32.1. The number of nitrogens with zero attached hydrogens (tertiary/aromatic N) is 2. The van der Waals surface area contributed by atoms with Crippen LogP contribution in [-0.2, 0) is 16.0 Å². The summed E-state index contributed by atoms with van der Waals surface area (Å²) in [6.45, 7) is 5.51. The summed E-state index contributed by atoms with van der Waals surface area (Å²) in [5.41, 5.74) is 4.36. The van der Waals surface area contributed by atoms with Crippen molar-refractivity contribution in [3.8, 4) is 5.75 Å². The highest BCUT2D eigenvalue weighted by Gasteiger charge is 2.26. The third-order valence-corrected chi connectivity index (χ3v) is 6.49. The predicted octanol–water partition coefficient (Wildman–Crippen LogP) is 4.68. The molecule has 2 aromatic carbocycles. The zero-order valence-corrected chi connectivity index (χ0v) is 17.9. The first-order valence-electron chi connectivity index (χ1n) is 9.96. The number of anilines is 1. The molecular weight excluding hydrogens is 384 g/mol. The summed E-state index contributed by atoms with van der Waals surface area (Å²) < 4.78 is 12.1. The fourth-order valence-corrected chi connectivity index (χ4v) is 4.65. The molecule has 0 N–H and O–H groups in total. The van der Waals surface area contributed by atoms with Gasteiger partial charge in [-0.15, -0.1) is 0 Å². The molecule has 1 aliphatic rings. The lowest BCUT2D eigenvalue weighted by Crippen LogP contribution is -2.38. The van der Waals surface area contributed by atoms with Crippen molar-refractivity contribution in [2.24, 2.45) is 0 Å². The summed E-state index contributed by atoms with van der Waals surface area (Å²) in [6, 6.07) is 11.9. The molecule has 29 heavy (non-hydrogen) atoms. The Morgan fingerprint density at radius 1 is 1.24 bits per heavy atom. The number of benzene rings is 2. The molecule has 0 unspecified atom stereocenters. The molecule has 0 radical (unpaired) electrons. The number of carbonyl (C=O) groups excluding carboxylic acids is 1. The van der Waals surface area contributed by atoms with Crippen LogP contribution in [0.4, 0.5) is 5.13 Å². The van der Waals surface area contributed by atoms with Crippen LogP contribution in [0.15, 0.2) is 36.4 Å². The first kappa shape index (κ1) is 19.9. The van der Waals surface area contributed by atoms with Gasteiger partial charge in [-0.3, -0.25) is 9.69 Å². The SMILES string of the molecule is COc1ccc(CC(=O)N(C[C@@H]2CCCO2)c2nc3cc(C)c(C)cc3s2)cc1. The van der Waals surface area contributed by atoms with Crippen LogP contribution in [-0.4, -0.2) is 37.3 Å². The maximum atomic E-state index is 13.3. The zero-order chi connectivity index (χ0) is 20.4. The lowest BCUT2D eigenvalue weighted by Gasteiger charge is -2.23. The molecule has 0 spiro atoms. The predicted molar refractivity (Wildman–Crippen MR) is 117 cm³/mol. The van der Waals surface area contributed by atoms with E-state index in [0.717, 1.165) is 46.1 Å². The monoisotopic (exact) mass is 410 g/mol. The molecule has 2 heterocycles. The number of amides is 1. The normalized spacial score (nSPS) is 16.3. The lowest BCUT2D eigenvalue weighted by atomic mass is 10.1. The van der Waals surface area contributed by atoms with Crippen LogP contribution in [0.5, 0.6) is 5.75 Å². The Balaban J connectivity index is 1.62. The molecule has 4 rings (SSSR count). The zero-order valence-electron chi connectivity index (χ0n) is 17.1. The number of fused-ring (bicyclic) bond motifs is 1. The van der Waals surface area contributed by atoms with Crippen LogP contribution in [0, 0.1) is 13.8 Å². The van der Waals surface area contributed by atoms with E-state index < -0.39 is 0 Å². The molecule has 0 bridgehead atoms. The highest BCUT2D eigenvalue weighted by molar-refractivity contribution is 7.22. The molecule has 1 aromatic heterocycles. The molecular formula is C23H26N2O3S. The van der Waals surface area contributed by atoms with Crippen molar-refractivity contribution in [2.45, 2.75) is 39.2 Å². The fourth-order valence-electron chi connectivity index (χ4n) is 3.58. The van der Waals surface area contributed by atoms with Crippen LogP contribution in [0.3, 0.4) is 0 Å². The molecule has 1 atom stereocenters. The Kier molecular flexibility index (Phi) is 5.83. The summed E-state index contributed by atoms with van der Waals surface area (Å²) >= 11 is 1.58. The topological polar surface area (TPSA) is 51.7 Å². The Labute approximate surface area is 175 Å². The van der Waals surface area contributed by atoms with Gasteiger partial charge in [0.1, 0.15) is 5.75 Å². The van der Waals surface area contributed by atoms with E-state index in [-0.39, 0.29) is 12.0 Å². The van der Waals surface area contributed by atoms with E-state index in [1.54, 1.807) is 18.4 Å². The van der Waals surface area contributed by atoms with Crippen molar-refractivity contribution in [1.82, 2.24) is 4.98 Å². The Morgan fingerprint density at radius 2 is 2.00 bits per heavy atom. The average Bonchev–Trinajstić information content (AvgIpc) is 3.36. The molecule has 0 saturated carbocycles. The molecule has 1 fully saturated rings. The van der Waals surface area contributed by atoms with E-state index >= 15 is 0 Å². The van der Waals surface area contributed by atoms with Gasteiger partial charge in [0.2, 0.25) is 5.91 Å². The van der Waals surface area contributed by atoms with Crippen molar-refractivity contribution in [3.63, 3.8) is 0 Å². The molecule has 1 saturated heterocycles. The van der Waals surface area contributed by atoms with E-state index in [4.69, 9.17) is 14.5 Å². The smallest absolute Gasteiger partial charge is 0.233 e. The summed E-state index contributed by atoms with van der Waals surface area (Å²) in [5.74, 6) is 0.826. The third kappa shape index (κ3) is 4.43.